The highest BCUT2D eigenvalue weighted by Gasteiger charge is 2.22. The molecule has 0 radical (unpaired) electrons. The van der Waals surface area contributed by atoms with E-state index in [1.165, 1.54) is 11.8 Å². The lowest BCUT2D eigenvalue weighted by Crippen LogP contribution is -2.52. The number of hydrogen-bond donors (Lipinski definition) is 2. The largest absolute Gasteiger partial charge is 0.465 e. The summed E-state index contributed by atoms with van der Waals surface area (Å²) in [4.78, 5) is 23.0. The van der Waals surface area contributed by atoms with Gasteiger partial charge < -0.3 is 20.1 Å². The molecule has 1 aromatic heterocycles. The molecule has 0 bridgehead atoms. The van der Waals surface area contributed by atoms with Crippen molar-refractivity contribution in [3.63, 3.8) is 0 Å². The first-order chi connectivity index (χ1) is 10.0. The first kappa shape index (κ1) is 18.2. The Morgan fingerprint density at radius 3 is 3.00 bits per heavy atom. The fraction of sp³-hybridized carbons (Fsp3) is 0.667. The molecule has 1 aliphatic heterocycles. The van der Waals surface area contributed by atoms with Crippen molar-refractivity contribution in [2.75, 3.05) is 19.6 Å². The Kier molecular flexibility index (Phi) is 7.06. The fourth-order valence-corrected chi connectivity index (χ4v) is 2.17. The van der Waals surface area contributed by atoms with Gasteiger partial charge in [0.15, 0.2) is 0 Å². The number of esters is 1. The van der Waals surface area contributed by atoms with Crippen LogP contribution in [0.15, 0.2) is 6.20 Å². The second kappa shape index (κ2) is 8.54. The summed E-state index contributed by atoms with van der Waals surface area (Å²) in [5.41, 5.74) is 0.592. The first-order valence-electron chi connectivity index (χ1n) is 6.78. The summed E-state index contributed by atoms with van der Waals surface area (Å²) in [5.74, 6) is -0.357. The molecular weight excluding hydrogens is 314 g/mol. The van der Waals surface area contributed by atoms with Gasteiger partial charge in [0.1, 0.15) is 12.3 Å². The molecule has 1 atom stereocenters. The van der Waals surface area contributed by atoms with E-state index in [1.54, 1.807) is 10.9 Å². The number of hydrogen-bond acceptors (Lipinski definition) is 6. The SMILES string of the molecule is CC(=O)OCc1cn(CC[C@@H]2CN(C(=O)O)CCN2)nn1.Cl. The quantitative estimate of drug-likeness (QED) is 0.736. The van der Waals surface area contributed by atoms with E-state index in [9.17, 15) is 9.59 Å². The Hall–Kier alpha value is -1.87. The van der Waals surface area contributed by atoms with Crippen LogP contribution in [0.2, 0.25) is 0 Å². The lowest BCUT2D eigenvalue weighted by Gasteiger charge is -2.31. The lowest BCUT2D eigenvalue weighted by molar-refractivity contribution is -0.142. The van der Waals surface area contributed by atoms with Crippen LogP contribution in [0.3, 0.4) is 0 Å². The van der Waals surface area contributed by atoms with Crippen LogP contribution in [-0.4, -0.2) is 62.7 Å². The maximum absolute atomic E-state index is 10.9. The maximum atomic E-state index is 10.9. The standard InChI is InChI=1S/C12H19N5O4.ClH/c1-9(18)21-8-11-7-17(15-14-11)4-2-10-6-16(12(19)20)5-3-13-10;/h7,10,13H,2-6,8H2,1H3,(H,19,20);1H/t10-;/m1./s1. The summed E-state index contributed by atoms with van der Waals surface area (Å²) in [5, 5.41) is 20.1. The molecule has 1 aliphatic rings. The van der Waals surface area contributed by atoms with Crippen LogP contribution >= 0.6 is 12.4 Å². The number of carbonyl (C=O) groups is 2. The molecule has 2 N–H and O–H groups in total. The topological polar surface area (TPSA) is 110 Å². The minimum absolute atomic E-state index is 0. The number of halogens is 1. The molecule has 0 aromatic carbocycles. The van der Waals surface area contributed by atoms with Crippen molar-refractivity contribution in [3.05, 3.63) is 11.9 Å². The van der Waals surface area contributed by atoms with Crippen LogP contribution in [0.5, 0.6) is 0 Å². The highest BCUT2D eigenvalue weighted by atomic mass is 35.5. The van der Waals surface area contributed by atoms with Gasteiger partial charge >= 0.3 is 12.1 Å². The van der Waals surface area contributed by atoms with E-state index in [4.69, 9.17) is 9.84 Å². The lowest BCUT2D eigenvalue weighted by atomic mass is 10.1. The summed E-state index contributed by atoms with van der Waals surface area (Å²) in [6.45, 7) is 3.73. The highest BCUT2D eigenvalue weighted by Crippen LogP contribution is 2.05. The molecule has 1 amide bonds. The van der Waals surface area contributed by atoms with E-state index in [0.717, 1.165) is 6.42 Å². The summed E-state index contributed by atoms with van der Waals surface area (Å²) in [6.07, 6.45) is 1.59. The Balaban J connectivity index is 0.00000242. The normalized spacial score (nSPS) is 17.7. The average molecular weight is 334 g/mol. The van der Waals surface area contributed by atoms with Crippen molar-refractivity contribution in [1.29, 1.82) is 0 Å². The van der Waals surface area contributed by atoms with E-state index >= 15 is 0 Å². The van der Waals surface area contributed by atoms with Gasteiger partial charge in [0.2, 0.25) is 0 Å². The van der Waals surface area contributed by atoms with E-state index in [-0.39, 0.29) is 31.0 Å². The van der Waals surface area contributed by atoms with Gasteiger partial charge in [0.25, 0.3) is 0 Å². The molecule has 124 valence electrons. The number of amides is 1. The smallest absolute Gasteiger partial charge is 0.407 e. The van der Waals surface area contributed by atoms with Gasteiger partial charge in [-0.3, -0.25) is 9.48 Å². The zero-order chi connectivity index (χ0) is 15.2. The predicted molar refractivity (Wildman–Crippen MR) is 78.7 cm³/mol. The van der Waals surface area contributed by atoms with Gasteiger partial charge in [-0.25, -0.2) is 4.79 Å². The van der Waals surface area contributed by atoms with Gasteiger partial charge in [-0.15, -0.1) is 17.5 Å². The Labute approximate surface area is 134 Å². The molecule has 9 nitrogen and oxygen atoms in total. The number of aromatic nitrogens is 3. The average Bonchev–Trinajstić information content (AvgIpc) is 2.91. The van der Waals surface area contributed by atoms with E-state index in [0.29, 0.717) is 31.9 Å². The molecule has 2 heterocycles. The molecular formula is C12H20ClN5O4. The van der Waals surface area contributed by atoms with Crippen LogP contribution < -0.4 is 5.32 Å². The summed E-state index contributed by atoms with van der Waals surface area (Å²) in [6, 6.07) is 0.107. The summed E-state index contributed by atoms with van der Waals surface area (Å²) in [7, 11) is 0. The molecule has 1 aromatic rings. The molecule has 1 fully saturated rings. The molecule has 22 heavy (non-hydrogen) atoms. The third-order valence-corrected chi connectivity index (χ3v) is 3.24. The zero-order valence-corrected chi connectivity index (χ0v) is 13.1. The second-order valence-corrected chi connectivity index (χ2v) is 4.92. The zero-order valence-electron chi connectivity index (χ0n) is 12.3. The predicted octanol–water partition coefficient (Wildman–Crippen LogP) is 0.105. The van der Waals surface area contributed by atoms with Gasteiger partial charge in [0, 0.05) is 39.1 Å². The minimum atomic E-state index is -0.883. The van der Waals surface area contributed by atoms with Crippen molar-refractivity contribution in [2.45, 2.75) is 32.5 Å². The van der Waals surface area contributed by atoms with Crippen LogP contribution in [0.4, 0.5) is 4.79 Å². The van der Waals surface area contributed by atoms with E-state index < -0.39 is 6.09 Å². The van der Waals surface area contributed by atoms with Crippen LogP contribution in [-0.2, 0) is 22.7 Å². The van der Waals surface area contributed by atoms with Crippen molar-refractivity contribution in [3.8, 4) is 0 Å². The van der Waals surface area contributed by atoms with Gasteiger partial charge in [-0.2, -0.15) is 0 Å². The molecule has 10 heteroatoms. The van der Waals surface area contributed by atoms with Crippen molar-refractivity contribution in [1.82, 2.24) is 25.2 Å². The summed E-state index contributed by atoms with van der Waals surface area (Å²) < 4.78 is 6.50. The molecule has 0 spiro atoms. The fourth-order valence-electron chi connectivity index (χ4n) is 2.17. The molecule has 0 aliphatic carbocycles. The van der Waals surface area contributed by atoms with Gasteiger partial charge in [-0.05, 0) is 6.42 Å². The van der Waals surface area contributed by atoms with Gasteiger partial charge in [-0.1, -0.05) is 5.21 Å². The van der Waals surface area contributed by atoms with Crippen LogP contribution in [0.1, 0.15) is 19.0 Å². The number of ether oxygens (including phenoxy) is 1. The molecule has 0 saturated carbocycles. The Bertz CT molecular complexity index is 509. The number of aryl methyl sites for hydroxylation is 1. The number of nitrogens with zero attached hydrogens (tertiary/aromatic N) is 4. The highest BCUT2D eigenvalue weighted by molar-refractivity contribution is 5.85. The number of piperazine rings is 1. The van der Waals surface area contributed by atoms with Crippen molar-refractivity contribution in [2.24, 2.45) is 0 Å². The van der Waals surface area contributed by atoms with E-state index in [2.05, 4.69) is 15.6 Å². The third-order valence-electron chi connectivity index (χ3n) is 3.24. The first-order valence-corrected chi connectivity index (χ1v) is 6.78. The molecule has 2 rings (SSSR count). The van der Waals surface area contributed by atoms with Crippen molar-refractivity contribution >= 4 is 24.5 Å². The Morgan fingerprint density at radius 1 is 1.55 bits per heavy atom. The summed E-state index contributed by atoms with van der Waals surface area (Å²) >= 11 is 0. The second-order valence-electron chi connectivity index (χ2n) is 4.92. The van der Waals surface area contributed by atoms with Crippen LogP contribution in [0, 0.1) is 0 Å². The van der Waals surface area contributed by atoms with Gasteiger partial charge in [0.05, 0.1) is 6.20 Å². The monoisotopic (exact) mass is 333 g/mol. The number of carbonyl (C=O) groups excluding carboxylic acids is 1. The number of nitrogens with one attached hydrogen (secondary N) is 1. The number of carboxylic acid groups (broad SMARTS) is 1. The maximum Gasteiger partial charge on any atom is 0.407 e. The third kappa shape index (κ3) is 5.49. The van der Waals surface area contributed by atoms with Crippen molar-refractivity contribution < 1.29 is 19.4 Å². The van der Waals surface area contributed by atoms with E-state index in [1.807, 2.05) is 0 Å². The Morgan fingerprint density at radius 2 is 2.32 bits per heavy atom. The number of rotatable bonds is 5. The minimum Gasteiger partial charge on any atom is -0.465 e. The van der Waals surface area contributed by atoms with Crippen LogP contribution in [0.25, 0.3) is 0 Å². The molecule has 1 saturated heterocycles. The molecule has 0 unspecified atom stereocenters.